The minimum absolute atomic E-state index is 0.155. The van der Waals surface area contributed by atoms with E-state index in [0.717, 1.165) is 5.56 Å². The molecule has 0 atom stereocenters. The quantitative estimate of drug-likeness (QED) is 0.725. The molecule has 0 heterocycles. The zero-order chi connectivity index (χ0) is 19.4. The molecule has 0 aliphatic carbocycles. The Morgan fingerprint density at radius 1 is 0.889 bits per heavy atom. The first-order valence-electron chi connectivity index (χ1n) is 8.40. The number of benzene rings is 3. The second kappa shape index (κ2) is 7.63. The van der Waals surface area contributed by atoms with Crippen LogP contribution in [0.1, 0.15) is 15.9 Å². The number of amides is 1. The van der Waals surface area contributed by atoms with Gasteiger partial charge in [-0.25, -0.2) is 8.42 Å². The first-order chi connectivity index (χ1) is 12.9. The Kier molecular flexibility index (Phi) is 5.28. The number of sulfonamides is 1. The number of nitrogens with one attached hydrogen (secondary N) is 1. The second-order valence-corrected chi connectivity index (χ2v) is 8.13. The van der Waals surface area contributed by atoms with E-state index < -0.39 is 10.0 Å². The molecule has 3 rings (SSSR count). The van der Waals surface area contributed by atoms with Crippen LogP contribution in [0.2, 0.25) is 0 Å². The van der Waals surface area contributed by atoms with E-state index in [9.17, 15) is 13.2 Å². The van der Waals surface area contributed by atoms with Crippen molar-refractivity contribution in [2.45, 2.75) is 11.8 Å². The molecule has 1 N–H and O–H groups in total. The number of hydrogen-bond acceptors (Lipinski definition) is 3. The Bertz CT molecular complexity index is 1050. The number of aryl methyl sites for hydroxylation is 1. The standard InChI is InChI=1S/C21H20N2O3S/c1-16-7-6-8-17(15-16)21(24)22-18-11-13-20(14-12-18)27(25,26)23(2)19-9-4-3-5-10-19/h3-15H,1-2H3,(H,22,24). The zero-order valence-corrected chi connectivity index (χ0v) is 15.9. The Hall–Kier alpha value is -3.12. The van der Waals surface area contributed by atoms with Crippen LogP contribution in [0.25, 0.3) is 0 Å². The normalized spacial score (nSPS) is 11.0. The third-order valence-electron chi connectivity index (χ3n) is 4.17. The van der Waals surface area contributed by atoms with Crippen LogP contribution >= 0.6 is 0 Å². The highest BCUT2D eigenvalue weighted by Crippen LogP contribution is 2.23. The molecule has 1 amide bonds. The summed E-state index contributed by atoms with van der Waals surface area (Å²) in [5.41, 5.74) is 2.65. The van der Waals surface area contributed by atoms with E-state index >= 15 is 0 Å². The molecule has 6 heteroatoms. The summed E-state index contributed by atoms with van der Waals surface area (Å²) in [7, 11) is -2.16. The third-order valence-corrected chi connectivity index (χ3v) is 5.97. The van der Waals surface area contributed by atoms with E-state index in [4.69, 9.17) is 0 Å². The van der Waals surface area contributed by atoms with Gasteiger partial charge in [-0.1, -0.05) is 35.9 Å². The average molecular weight is 380 g/mol. The summed E-state index contributed by atoms with van der Waals surface area (Å²) in [4.78, 5) is 12.5. The molecule has 3 aromatic carbocycles. The van der Waals surface area contributed by atoms with Gasteiger partial charge in [0.1, 0.15) is 0 Å². The predicted molar refractivity (Wildman–Crippen MR) is 108 cm³/mol. The van der Waals surface area contributed by atoms with Crippen molar-refractivity contribution in [2.24, 2.45) is 0 Å². The lowest BCUT2D eigenvalue weighted by molar-refractivity contribution is 0.102. The van der Waals surface area contributed by atoms with Crippen LogP contribution < -0.4 is 9.62 Å². The maximum atomic E-state index is 12.8. The maximum absolute atomic E-state index is 12.8. The summed E-state index contributed by atoms with van der Waals surface area (Å²) < 4.78 is 26.8. The van der Waals surface area contributed by atoms with E-state index in [2.05, 4.69) is 5.32 Å². The van der Waals surface area contributed by atoms with Gasteiger partial charge in [0, 0.05) is 18.3 Å². The Morgan fingerprint density at radius 2 is 1.56 bits per heavy atom. The lowest BCUT2D eigenvalue weighted by Crippen LogP contribution is -2.26. The first kappa shape index (κ1) is 18.7. The molecular weight excluding hydrogens is 360 g/mol. The topological polar surface area (TPSA) is 66.5 Å². The average Bonchev–Trinajstić information content (AvgIpc) is 2.68. The fraction of sp³-hybridized carbons (Fsp3) is 0.0952. The lowest BCUT2D eigenvalue weighted by Gasteiger charge is -2.19. The van der Waals surface area contributed by atoms with Gasteiger partial charge in [0.2, 0.25) is 0 Å². The fourth-order valence-corrected chi connectivity index (χ4v) is 3.83. The third kappa shape index (κ3) is 4.17. The summed E-state index contributed by atoms with van der Waals surface area (Å²) in [5.74, 6) is -0.240. The lowest BCUT2D eigenvalue weighted by atomic mass is 10.1. The number of carbonyl (C=O) groups is 1. The minimum Gasteiger partial charge on any atom is -0.322 e. The van der Waals surface area contributed by atoms with Crippen molar-refractivity contribution in [1.82, 2.24) is 0 Å². The smallest absolute Gasteiger partial charge is 0.264 e. The molecule has 0 radical (unpaired) electrons. The minimum atomic E-state index is -3.67. The van der Waals surface area contributed by atoms with Crippen LogP contribution in [0.3, 0.4) is 0 Å². The Morgan fingerprint density at radius 3 is 2.19 bits per heavy atom. The highest BCUT2D eigenvalue weighted by atomic mass is 32.2. The van der Waals surface area contributed by atoms with Crippen molar-refractivity contribution >= 4 is 27.3 Å². The van der Waals surface area contributed by atoms with E-state index in [-0.39, 0.29) is 10.8 Å². The Balaban J connectivity index is 1.77. The van der Waals surface area contributed by atoms with Crippen molar-refractivity contribution in [1.29, 1.82) is 0 Å². The van der Waals surface area contributed by atoms with Crippen LogP contribution in [-0.2, 0) is 10.0 Å². The highest BCUT2D eigenvalue weighted by molar-refractivity contribution is 7.92. The molecule has 0 saturated carbocycles. The largest absolute Gasteiger partial charge is 0.322 e. The highest BCUT2D eigenvalue weighted by Gasteiger charge is 2.21. The van der Waals surface area contributed by atoms with E-state index in [0.29, 0.717) is 16.9 Å². The molecule has 3 aromatic rings. The molecule has 0 aromatic heterocycles. The molecule has 0 spiro atoms. The molecule has 0 saturated heterocycles. The monoisotopic (exact) mass is 380 g/mol. The molecule has 0 bridgehead atoms. The van der Waals surface area contributed by atoms with Crippen LogP contribution in [-0.4, -0.2) is 21.4 Å². The number of para-hydroxylation sites is 1. The number of carbonyl (C=O) groups excluding carboxylic acids is 1. The summed E-state index contributed by atoms with van der Waals surface area (Å²) >= 11 is 0. The summed E-state index contributed by atoms with van der Waals surface area (Å²) in [6, 6.07) is 22.3. The van der Waals surface area contributed by atoms with Gasteiger partial charge in [-0.3, -0.25) is 9.10 Å². The van der Waals surface area contributed by atoms with E-state index in [1.807, 2.05) is 25.1 Å². The number of anilines is 2. The molecule has 138 valence electrons. The van der Waals surface area contributed by atoms with Gasteiger partial charge in [0.15, 0.2) is 0 Å². The van der Waals surface area contributed by atoms with Crippen LogP contribution in [0.5, 0.6) is 0 Å². The van der Waals surface area contributed by atoms with Gasteiger partial charge >= 0.3 is 0 Å². The van der Waals surface area contributed by atoms with Gasteiger partial charge in [-0.2, -0.15) is 0 Å². The second-order valence-electron chi connectivity index (χ2n) is 6.16. The van der Waals surface area contributed by atoms with Gasteiger partial charge in [0.05, 0.1) is 10.6 Å². The van der Waals surface area contributed by atoms with Crippen LogP contribution in [0, 0.1) is 6.92 Å². The molecule has 27 heavy (non-hydrogen) atoms. The summed E-state index contributed by atoms with van der Waals surface area (Å²) in [6.45, 7) is 1.92. The van der Waals surface area contributed by atoms with Crippen LogP contribution in [0.4, 0.5) is 11.4 Å². The SMILES string of the molecule is Cc1cccc(C(=O)Nc2ccc(S(=O)(=O)N(C)c3ccccc3)cc2)c1. The summed E-state index contributed by atoms with van der Waals surface area (Å²) in [5, 5.41) is 2.78. The molecule has 0 unspecified atom stereocenters. The number of hydrogen-bond donors (Lipinski definition) is 1. The molecule has 0 aliphatic rings. The molecule has 0 aliphatic heterocycles. The first-order valence-corrected chi connectivity index (χ1v) is 9.84. The number of nitrogens with zero attached hydrogens (tertiary/aromatic N) is 1. The Labute approximate surface area is 159 Å². The van der Waals surface area contributed by atoms with Gasteiger partial charge in [-0.05, 0) is 55.5 Å². The fourth-order valence-electron chi connectivity index (χ4n) is 2.63. The van der Waals surface area contributed by atoms with Crippen molar-refractivity contribution in [3.05, 3.63) is 90.0 Å². The van der Waals surface area contributed by atoms with Gasteiger partial charge in [-0.15, -0.1) is 0 Å². The predicted octanol–water partition coefficient (Wildman–Crippen LogP) is 4.07. The van der Waals surface area contributed by atoms with Crippen LogP contribution in [0.15, 0.2) is 83.8 Å². The van der Waals surface area contributed by atoms with E-state index in [1.54, 1.807) is 48.5 Å². The van der Waals surface area contributed by atoms with E-state index in [1.165, 1.54) is 23.5 Å². The van der Waals surface area contributed by atoms with Gasteiger partial charge in [0.25, 0.3) is 15.9 Å². The maximum Gasteiger partial charge on any atom is 0.264 e. The van der Waals surface area contributed by atoms with Crippen molar-refractivity contribution in [3.63, 3.8) is 0 Å². The molecular formula is C21H20N2O3S. The van der Waals surface area contributed by atoms with Crippen molar-refractivity contribution in [2.75, 3.05) is 16.7 Å². The summed E-state index contributed by atoms with van der Waals surface area (Å²) in [6.07, 6.45) is 0. The number of rotatable bonds is 5. The van der Waals surface area contributed by atoms with Crippen molar-refractivity contribution in [3.8, 4) is 0 Å². The van der Waals surface area contributed by atoms with Crippen molar-refractivity contribution < 1.29 is 13.2 Å². The molecule has 0 fully saturated rings. The zero-order valence-electron chi connectivity index (χ0n) is 15.1. The molecule has 5 nitrogen and oxygen atoms in total. The van der Waals surface area contributed by atoms with Gasteiger partial charge < -0.3 is 5.32 Å².